The van der Waals surface area contributed by atoms with Crippen molar-refractivity contribution in [3.63, 3.8) is 0 Å². The van der Waals surface area contributed by atoms with E-state index in [-0.39, 0.29) is 4.90 Å². The zero-order valence-electron chi connectivity index (χ0n) is 16.5. The monoisotopic (exact) mass is 406 g/mol. The highest BCUT2D eigenvalue weighted by molar-refractivity contribution is 7.90. The Bertz CT molecular complexity index is 1260. The van der Waals surface area contributed by atoms with Crippen LogP contribution in [0.3, 0.4) is 0 Å². The van der Waals surface area contributed by atoms with E-state index in [9.17, 15) is 8.42 Å². The Morgan fingerprint density at radius 2 is 1.55 bits per heavy atom. The zero-order valence-corrected chi connectivity index (χ0v) is 17.3. The summed E-state index contributed by atoms with van der Waals surface area (Å²) in [5, 5.41) is 0.863. The maximum Gasteiger partial charge on any atom is 0.268 e. The van der Waals surface area contributed by atoms with Gasteiger partial charge >= 0.3 is 0 Å². The van der Waals surface area contributed by atoms with Gasteiger partial charge in [0.1, 0.15) is 5.75 Å². The summed E-state index contributed by atoms with van der Waals surface area (Å²) in [4.78, 5) is 2.24. The molecule has 0 spiro atoms. The van der Waals surface area contributed by atoms with Crippen molar-refractivity contribution in [3.05, 3.63) is 84.6 Å². The van der Waals surface area contributed by atoms with Gasteiger partial charge in [0, 0.05) is 24.3 Å². The largest absolute Gasteiger partial charge is 0.497 e. The van der Waals surface area contributed by atoms with Crippen molar-refractivity contribution in [2.45, 2.75) is 11.8 Å². The van der Waals surface area contributed by atoms with Crippen LogP contribution in [0.5, 0.6) is 5.75 Å². The minimum atomic E-state index is -3.72. The maximum absolute atomic E-state index is 13.3. The lowest BCUT2D eigenvalue weighted by atomic mass is 10.2. The summed E-state index contributed by atoms with van der Waals surface area (Å²) in [6.45, 7) is 1.93. The van der Waals surface area contributed by atoms with Crippen molar-refractivity contribution >= 4 is 32.3 Å². The quantitative estimate of drug-likeness (QED) is 0.470. The van der Waals surface area contributed by atoms with Gasteiger partial charge in [-0.15, -0.1) is 0 Å². The number of benzene rings is 3. The predicted molar refractivity (Wildman–Crippen MR) is 117 cm³/mol. The molecule has 0 saturated heterocycles. The number of para-hydroxylation sites is 1. The molecule has 1 heterocycles. The number of rotatable bonds is 5. The van der Waals surface area contributed by atoms with Gasteiger partial charge in [0.05, 0.1) is 23.2 Å². The average Bonchev–Trinajstić information content (AvgIpc) is 3.14. The average molecular weight is 407 g/mol. The second kappa shape index (κ2) is 7.29. The van der Waals surface area contributed by atoms with Gasteiger partial charge in [0.15, 0.2) is 0 Å². The van der Waals surface area contributed by atoms with Gasteiger partial charge in [-0.25, -0.2) is 12.4 Å². The maximum atomic E-state index is 13.3. The molecule has 4 aromatic rings. The Balaban J connectivity index is 1.86. The molecular weight excluding hydrogens is 384 g/mol. The first kappa shape index (κ1) is 19.1. The number of aromatic nitrogens is 1. The number of methoxy groups -OCH3 is 1. The summed E-state index contributed by atoms with van der Waals surface area (Å²) < 4.78 is 33.3. The predicted octanol–water partition coefficient (Wildman–Crippen LogP) is 4.96. The number of fused-ring (bicyclic) bond motifs is 1. The molecule has 0 bridgehead atoms. The number of nitrogens with zero attached hydrogens (tertiary/aromatic N) is 2. The van der Waals surface area contributed by atoms with Gasteiger partial charge < -0.3 is 9.64 Å². The molecule has 0 aliphatic rings. The van der Waals surface area contributed by atoms with Crippen LogP contribution in [0.25, 0.3) is 10.9 Å². The van der Waals surface area contributed by atoms with Crippen LogP contribution >= 0.6 is 0 Å². The molecule has 5 nitrogen and oxygen atoms in total. The van der Waals surface area contributed by atoms with Crippen molar-refractivity contribution in [2.24, 2.45) is 0 Å². The first-order valence-electron chi connectivity index (χ1n) is 9.22. The van der Waals surface area contributed by atoms with Crippen LogP contribution in [-0.4, -0.2) is 26.5 Å². The lowest BCUT2D eigenvalue weighted by Gasteiger charge is -2.18. The van der Waals surface area contributed by atoms with E-state index >= 15 is 0 Å². The molecule has 0 unspecified atom stereocenters. The van der Waals surface area contributed by atoms with Crippen LogP contribution in [-0.2, 0) is 10.0 Å². The number of anilines is 2. The van der Waals surface area contributed by atoms with Gasteiger partial charge in [0.2, 0.25) is 0 Å². The summed E-state index contributed by atoms with van der Waals surface area (Å²) in [6, 6.07) is 22.1. The molecule has 6 heteroatoms. The van der Waals surface area contributed by atoms with E-state index in [1.807, 2.05) is 79.5 Å². The number of hydrogen-bond acceptors (Lipinski definition) is 4. The van der Waals surface area contributed by atoms with E-state index in [2.05, 4.69) is 0 Å². The normalized spacial score (nSPS) is 11.6. The minimum Gasteiger partial charge on any atom is -0.497 e. The van der Waals surface area contributed by atoms with Crippen molar-refractivity contribution in [3.8, 4) is 5.75 Å². The van der Waals surface area contributed by atoms with Gasteiger partial charge in [-0.05, 0) is 49.4 Å². The molecule has 29 heavy (non-hydrogen) atoms. The number of ether oxygens (including phenoxy) is 1. The highest BCUT2D eigenvalue weighted by Crippen LogP contribution is 2.35. The van der Waals surface area contributed by atoms with Crippen LogP contribution in [0.4, 0.5) is 11.4 Å². The molecule has 1 aromatic heterocycles. The third-order valence-electron chi connectivity index (χ3n) is 5.06. The molecule has 3 aromatic carbocycles. The van der Waals surface area contributed by atoms with E-state index in [0.29, 0.717) is 5.52 Å². The third kappa shape index (κ3) is 3.36. The van der Waals surface area contributed by atoms with Crippen molar-refractivity contribution in [1.29, 1.82) is 0 Å². The fourth-order valence-corrected chi connectivity index (χ4v) is 4.73. The van der Waals surface area contributed by atoms with E-state index < -0.39 is 10.0 Å². The van der Waals surface area contributed by atoms with Crippen molar-refractivity contribution < 1.29 is 13.2 Å². The zero-order chi connectivity index (χ0) is 20.6. The Kier molecular flexibility index (Phi) is 4.80. The van der Waals surface area contributed by atoms with Gasteiger partial charge in [0.25, 0.3) is 10.0 Å². The Labute approximate surface area is 170 Å². The van der Waals surface area contributed by atoms with Crippen LogP contribution < -0.4 is 9.64 Å². The number of hydrogen-bond donors (Lipinski definition) is 0. The van der Waals surface area contributed by atoms with E-state index in [0.717, 1.165) is 28.1 Å². The Morgan fingerprint density at radius 3 is 2.21 bits per heavy atom. The second-order valence-corrected chi connectivity index (χ2v) is 8.72. The molecule has 148 valence electrons. The molecule has 0 radical (unpaired) electrons. The molecular formula is C23H22N2O3S. The molecule has 0 aliphatic carbocycles. The third-order valence-corrected chi connectivity index (χ3v) is 6.74. The SMILES string of the molecule is COc1ccc(N(C)c2cn(S(=O)(=O)c3ccc(C)cc3)c3ccccc23)cc1. The standard InChI is InChI=1S/C23H22N2O3S/c1-17-8-14-20(15-9-17)29(26,27)25-16-23(21-6-4-5-7-22(21)25)24(2)18-10-12-19(28-3)13-11-18/h4-16H,1-3H3. The molecule has 0 saturated carbocycles. The Morgan fingerprint density at radius 1 is 0.897 bits per heavy atom. The molecule has 0 aliphatic heterocycles. The van der Waals surface area contributed by atoms with Crippen molar-refractivity contribution in [1.82, 2.24) is 3.97 Å². The fraction of sp³-hybridized carbons (Fsp3) is 0.130. The molecule has 4 rings (SSSR count). The molecule has 0 fully saturated rings. The molecule has 0 amide bonds. The van der Waals surface area contributed by atoms with Crippen molar-refractivity contribution in [2.75, 3.05) is 19.1 Å². The highest BCUT2D eigenvalue weighted by atomic mass is 32.2. The van der Waals surface area contributed by atoms with E-state index in [1.165, 1.54) is 3.97 Å². The van der Waals surface area contributed by atoms with Crippen LogP contribution in [0.15, 0.2) is 83.9 Å². The number of aryl methyl sites for hydroxylation is 1. The van der Waals surface area contributed by atoms with Gasteiger partial charge in [-0.1, -0.05) is 35.9 Å². The summed E-state index contributed by atoms with van der Waals surface area (Å²) in [7, 11) is -0.168. The molecule has 0 N–H and O–H groups in total. The minimum absolute atomic E-state index is 0.266. The van der Waals surface area contributed by atoms with Gasteiger partial charge in [-0.2, -0.15) is 0 Å². The first-order valence-corrected chi connectivity index (χ1v) is 10.7. The summed E-state index contributed by atoms with van der Waals surface area (Å²) in [5.74, 6) is 0.770. The summed E-state index contributed by atoms with van der Waals surface area (Å²) in [5.41, 5.74) is 3.40. The van der Waals surface area contributed by atoms with E-state index in [4.69, 9.17) is 4.74 Å². The lowest BCUT2D eigenvalue weighted by Crippen LogP contribution is -2.12. The fourth-order valence-electron chi connectivity index (χ4n) is 3.37. The smallest absolute Gasteiger partial charge is 0.268 e. The topological polar surface area (TPSA) is 51.5 Å². The van der Waals surface area contributed by atoms with Gasteiger partial charge in [-0.3, -0.25) is 0 Å². The van der Waals surface area contributed by atoms with Crippen LogP contribution in [0, 0.1) is 6.92 Å². The second-order valence-electron chi connectivity index (χ2n) is 6.90. The van der Waals surface area contributed by atoms with Crippen LogP contribution in [0.2, 0.25) is 0 Å². The first-order chi connectivity index (χ1) is 13.9. The summed E-state index contributed by atoms with van der Waals surface area (Å²) >= 11 is 0. The van der Waals surface area contributed by atoms with Crippen LogP contribution in [0.1, 0.15) is 5.56 Å². The lowest BCUT2D eigenvalue weighted by molar-refractivity contribution is 0.415. The van der Waals surface area contributed by atoms with E-state index in [1.54, 1.807) is 25.4 Å². The Hall–Kier alpha value is -3.25. The highest BCUT2D eigenvalue weighted by Gasteiger charge is 2.22. The molecule has 0 atom stereocenters. The summed E-state index contributed by atoms with van der Waals surface area (Å²) in [6.07, 6.45) is 1.68.